The van der Waals surface area contributed by atoms with Gasteiger partial charge in [-0.05, 0) is 40.0 Å². The Balaban J connectivity index is 2.67. The van der Waals surface area contributed by atoms with Gasteiger partial charge in [0.2, 0.25) is 0 Å². The molecule has 1 aromatic rings. The van der Waals surface area contributed by atoms with Crippen LogP contribution in [0.3, 0.4) is 0 Å². The summed E-state index contributed by atoms with van der Waals surface area (Å²) in [6, 6.07) is 5.55. The molecule has 0 aliphatic rings. The van der Waals surface area contributed by atoms with E-state index in [1.165, 1.54) is 0 Å². The van der Waals surface area contributed by atoms with Gasteiger partial charge in [0.25, 0.3) is 0 Å². The van der Waals surface area contributed by atoms with E-state index in [9.17, 15) is 0 Å². The monoisotopic (exact) mass is 243 g/mol. The van der Waals surface area contributed by atoms with E-state index in [0.717, 1.165) is 22.5 Å². The zero-order chi connectivity index (χ0) is 9.84. The second kappa shape index (κ2) is 4.51. The number of halogens is 1. The number of anilines is 1. The molecular weight excluding hydrogens is 230 g/mol. The maximum absolute atomic E-state index is 5.60. The molecule has 3 heteroatoms. The summed E-state index contributed by atoms with van der Waals surface area (Å²) < 4.78 is 6.46. The van der Waals surface area contributed by atoms with E-state index in [2.05, 4.69) is 29.8 Å². The Morgan fingerprint density at radius 2 is 2.15 bits per heavy atom. The standard InChI is InChI=1S/C10H14BrNO/c1-7(2)6-13-10-4-3-8(12)5-9(10)11/h3-5,7H,6,12H2,1-2H3. The quantitative estimate of drug-likeness (QED) is 0.829. The summed E-state index contributed by atoms with van der Waals surface area (Å²) in [5, 5.41) is 0. The zero-order valence-electron chi connectivity index (χ0n) is 7.88. The minimum atomic E-state index is 0.532. The van der Waals surface area contributed by atoms with Crippen LogP contribution in [0.1, 0.15) is 13.8 Å². The van der Waals surface area contributed by atoms with E-state index in [4.69, 9.17) is 10.5 Å². The fourth-order valence-electron chi connectivity index (χ4n) is 0.891. The van der Waals surface area contributed by atoms with Crippen LogP contribution in [0.15, 0.2) is 22.7 Å². The molecule has 2 nitrogen and oxygen atoms in total. The topological polar surface area (TPSA) is 35.2 Å². The summed E-state index contributed by atoms with van der Waals surface area (Å²) in [6.07, 6.45) is 0. The number of hydrogen-bond acceptors (Lipinski definition) is 2. The first-order chi connectivity index (χ1) is 6.09. The lowest BCUT2D eigenvalue weighted by molar-refractivity contribution is 0.269. The number of hydrogen-bond donors (Lipinski definition) is 1. The van der Waals surface area contributed by atoms with Gasteiger partial charge < -0.3 is 10.5 Å². The van der Waals surface area contributed by atoms with Crippen LogP contribution in [0.4, 0.5) is 5.69 Å². The highest BCUT2D eigenvalue weighted by molar-refractivity contribution is 9.10. The molecule has 72 valence electrons. The second-order valence-electron chi connectivity index (χ2n) is 3.39. The molecule has 0 radical (unpaired) electrons. The molecule has 1 rings (SSSR count). The molecule has 13 heavy (non-hydrogen) atoms. The van der Waals surface area contributed by atoms with Crippen LogP contribution < -0.4 is 10.5 Å². The molecule has 0 atom stereocenters. The Morgan fingerprint density at radius 1 is 1.46 bits per heavy atom. The number of nitrogen functional groups attached to an aromatic ring is 1. The minimum Gasteiger partial charge on any atom is -0.492 e. The lowest BCUT2D eigenvalue weighted by Crippen LogP contribution is -2.04. The molecule has 0 spiro atoms. The number of ether oxygens (including phenoxy) is 1. The molecule has 0 saturated carbocycles. The molecule has 0 fully saturated rings. The van der Waals surface area contributed by atoms with Gasteiger partial charge in [0.15, 0.2) is 0 Å². The van der Waals surface area contributed by atoms with E-state index >= 15 is 0 Å². The predicted octanol–water partition coefficient (Wildman–Crippen LogP) is 3.07. The van der Waals surface area contributed by atoms with Gasteiger partial charge in [-0.3, -0.25) is 0 Å². The zero-order valence-corrected chi connectivity index (χ0v) is 9.47. The fraction of sp³-hybridized carbons (Fsp3) is 0.400. The average molecular weight is 244 g/mol. The molecule has 0 aromatic heterocycles. The first-order valence-electron chi connectivity index (χ1n) is 4.27. The molecular formula is C10H14BrNO. The Hall–Kier alpha value is -0.700. The third-order valence-corrected chi connectivity index (χ3v) is 2.15. The Labute approximate surface area is 87.2 Å². The fourth-order valence-corrected chi connectivity index (χ4v) is 1.40. The van der Waals surface area contributed by atoms with Gasteiger partial charge in [0.05, 0.1) is 11.1 Å². The SMILES string of the molecule is CC(C)COc1ccc(N)cc1Br. The lowest BCUT2D eigenvalue weighted by Gasteiger charge is -2.10. The Kier molecular flexibility index (Phi) is 3.60. The van der Waals surface area contributed by atoms with Crippen molar-refractivity contribution in [3.8, 4) is 5.75 Å². The summed E-state index contributed by atoms with van der Waals surface area (Å²) >= 11 is 3.39. The van der Waals surface area contributed by atoms with Crippen LogP contribution in [0, 0.1) is 5.92 Å². The molecule has 0 unspecified atom stereocenters. The molecule has 2 N–H and O–H groups in total. The van der Waals surface area contributed by atoms with Gasteiger partial charge in [-0.25, -0.2) is 0 Å². The van der Waals surface area contributed by atoms with Crippen molar-refractivity contribution in [2.24, 2.45) is 5.92 Å². The van der Waals surface area contributed by atoms with Crippen molar-refractivity contribution in [2.75, 3.05) is 12.3 Å². The Bertz CT molecular complexity index is 286. The van der Waals surface area contributed by atoms with Gasteiger partial charge in [-0.1, -0.05) is 13.8 Å². The van der Waals surface area contributed by atoms with E-state index in [1.54, 1.807) is 0 Å². The van der Waals surface area contributed by atoms with Crippen LogP contribution in [-0.2, 0) is 0 Å². The maximum Gasteiger partial charge on any atom is 0.133 e. The van der Waals surface area contributed by atoms with Crippen molar-refractivity contribution in [3.05, 3.63) is 22.7 Å². The molecule has 0 aliphatic carbocycles. The van der Waals surface area contributed by atoms with Gasteiger partial charge in [-0.15, -0.1) is 0 Å². The third-order valence-electron chi connectivity index (χ3n) is 1.53. The van der Waals surface area contributed by atoms with Crippen molar-refractivity contribution in [3.63, 3.8) is 0 Å². The van der Waals surface area contributed by atoms with Gasteiger partial charge >= 0.3 is 0 Å². The summed E-state index contributed by atoms with van der Waals surface area (Å²) in [4.78, 5) is 0. The number of nitrogens with two attached hydrogens (primary N) is 1. The van der Waals surface area contributed by atoms with Gasteiger partial charge in [-0.2, -0.15) is 0 Å². The van der Waals surface area contributed by atoms with Crippen molar-refractivity contribution in [1.29, 1.82) is 0 Å². The largest absolute Gasteiger partial charge is 0.492 e. The van der Waals surface area contributed by atoms with Crippen molar-refractivity contribution in [1.82, 2.24) is 0 Å². The summed E-state index contributed by atoms with van der Waals surface area (Å²) in [6.45, 7) is 4.96. The average Bonchev–Trinajstić information content (AvgIpc) is 2.02. The Morgan fingerprint density at radius 3 is 2.69 bits per heavy atom. The molecule has 0 saturated heterocycles. The van der Waals surface area contributed by atoms with E-state index in [1.807, 2.05) is 18.2 Å². The summed E-state index contributed by atoms with van der Waals surface area (Å²) in [7, 11) is 0. The highest BCUT2D eigenvalue weighted by Gasteiger charge is 2.02. The molecule has 0 aliphatic heterocycles. The van der Waals surface area contributed by atoms with Crippen LogP contribution in [0.2, 0.25) is 0 Å². The third kappa shape index (κ3) is 3.27. The lowest BCUT2D eigenvalue weighted by atomic mass is 10.2. The van der Waals surface area contributed by atoms with Crippen LogP contribution in [-0.4, -0.2) is 6.61 Å². The van der Waals surface area contributed by atoms with Crippen molar-refractivity contribution in [2.45, 2.75) is 13.8 Å². The predicted molar refractivity (Wildman–Crippen MR) is 58.9 cm³/mol. The van der Waals surface area contributed by atoms with E-state index in [0.29, 0.717) is 5.92 Å². The molecule has 1 aromatic carbocycles. The summed E-state index contributed by atoms with van der Waals surface area (Å²) in [5.74, 6) is 1.38. The first kappa shape index (κ1) is 10.4. The van der Waals surface area contributed by atoms with Crippen molar-refractivity contribution >= 4 is 21.6 Å². The van der Waals surface area contributed by atoms with Gasteiger partial charge in [0, 0.05) is 5.69 Å². The molecule has 0 amide bonds. The van der Waals surface area contributed by atoms with Crippen LogP contribution in [0.5, 0.6) is 5.75 Å². The number of rotatable bonds is 3. The highest BCUT2D eigenvalue weighted by atomic mass is 79.9. The van der Waals surface area contributed by atoms with Crippen LogP contribution in [0.25, 0.3) is 0 Å². The van der Waals surface area contributed by atoms with Gasteiger partial charge in [0.1, 0.15) is 5.75 Å². The van der Waals surface area contributed by atoms with Crippen LogP contribution >= 0.6 is 15.9 Å². The smallest absolute Gasteiger partial charge is 0.133 e. The van der Waals surface area contributed by atoms with E-state index < -0.39 is 0 Å². The van der Waals surface area contributed by atoms with E-state index in [-0.39, 0.29) is 0 Å². The second-order valence-corrected chi connectivity index (χ2v) is 4.25. The summed E-state index contributed by atoms with van der Waals surface area (Å²) in [5.41, 5.74) is 6.34. The minimum absolute atomic E-state index is 0.532. The molecule has 0 heterocycles. The molecule has 0 bridgehead atoms. The normalized spacial score (nSPS) is 10.5. The number of benzene rings is 1. The maximum atomic E-state index is 5.60. The first-order valence-corrected chi connectivity index (χ1v) is 5.06. The highest BCUT2D eigenvalue weighted by Crippen LogP contribution is 2.27. The van der Waals surface area contributed by atoms with Crippen molar-refractivity contribution < 1.29 is 4.74 Å².